The van der Waals surface area contributed by atoms with Crippen LogP contribution >= 0.6 is 0 Å². The molecule has 0 radical (unpaired) electrons. The first-order chi connectivity index (χ1) is 13.4. The van der Waals surface area contributed by atoms with Crippen molar-refractivity contribution in [3.8, 4) is 0 Å². The zero-order valence-corrected chi connectivity index (χ0v) is 16.7. The lowest BCUT2D eigenvalue weighted by Crippen LogP contribution is -2.40. The summed E-state index contributed by atoms with van der Waals surface area (Å²) in [6.07, 6.45) is 0.491. The summed E-state index contributed by atoms with van der Waals surface area (Å²) in [6.45, 7) is 2.35. The number of rotatable bonds is 4. The molecule has 1 aliphatic rings. The Balaban J connectivity index is 1.73. The zero-order valence-electron chi connectivity index (χ0n) is 15.8. The van der Waals surface area contributed by atoms with E-state index in [0.717, 1.165) is 21.9 Å². The predicted octanol–water partition coefficient (Wildman–Crippen LogP) is 3.98. The van der Waals surface area contributed by atoms with Crippen molar-refractivity contribution in [3.05, 3.63) is 83.4 Å². The van der Waals surface area contributed by atoms with Crippen LogP contribution in [0.5, 0.6) is 0 Å². The molecule has 0 spiro atoms. The van der Waals surface area contributed by atoms with Gasteiger partial charge in [-0.3, -0.25) is 4.79 Å². The van der Waals surface area contributed by atoms with Crippen LogP contribution in [0.2, 0.25) is 0 Å². The highest BCUT2D eigenvalue weighted by Crippen LogP contribution is 2.26. The van der Waals surface area contributed by atoms with Crippen LogP contribution in [0.1, 0.15) is 27.9 Å². The van der Waals surface area contributed by atoms with Crippen LogP contribution in [0.25, 0.3) is 10.8 Å². The topological polar surface area (TPSA) is 54.5 Å². The van der Waals surface area contributed by atoms with Crippen molar-refractivity contribution in [2.75, 3.05) is 11.5 Å². The molecule has 0 N–H and O–H groups in total. The van der Waals surface area contributed by atoms with Gasteiger partial charge in [-0.2, -0.15) is 0 Å². The molecule has 144 valence electrons. The average molecular weight is 394 g/mol. The second-order valence-electron chi connectivity index (χ2n) is 7.50. The second kappa shape index (κ2) is 7.40. The molecule has 4 nitrogen and oxygen atoms in total. The molecule has 1 amide bonds. The van der Waals surface area contributed by atoms with Gasteiger partial charge in [-0.1, -0.05) is 60.2 Å². The first-order valence-electron chi connectivity index (χ1n) is 9.48. The molecule has 1 saturated heterocycles. The van der Waals surface area contributed by atoms with Crippen molar-refractivity contribution in [2.24, 2.45) is 0 Å². The highest BCUT2D eigenvalue weighted by atomic mass is 32.2. The van der Waals surface area contributed by atoms with Crippen molar-refractivity contribution in [1.29, 1.82) is 0 Å². The van der Waals surface area contributed by atoms with E-state index < -0.39 is 9.84 Å². The van der Waals surface area contributed by atoms with Crippen molar-refractivity contribution in [2.45, 2.75) is 25.9 Å². The van der Waals surface area contributed by atoms with Crippen molar-refractivity contribution < 1.29 is 13.2 Å². The number of benzene rings is 3. The maximum absolute atomic E-state index is 13.4. The molecular weight excluding hydrogens is 370 g/mol. The summed E-state index contributed by atoms with van der Waals surface area (Å²) in [5.41, 5.74) is 2.64. The van der Waals surface area contributed by atoms with Gasteiger partial charge in [0, 0.05) is 18.2 Å². The van der Waals surface area contributed by atoms with E-state index in [1.165, 1.54) is 0 Å². The Morgan fingerprint density at radius 3 is 2.54 bits per heavy atom. The summed E-state index contributed by atoms with van der Waals surface area (Å²) < 4.78 is 24.2. The third-order valence-corrected chi connectivity index (χ3v) is 7.15. The van der Waals surface area contributed by atoms with E-state index in [4.69, 9.17) is 0 Å². The van der Waals surface area contributed by atoms with Gasteiger partial charge < -0.3 is 4.90 Å². The van der Waals surface area contributed by atoms with Gasteiger partial charge in [0.15, 0.2) is 9.84 Å². The van der Waals surface area contributed by atoms with Gasteiger partial charge in [0.05, 0.1) is 11.5 Å². The summed E-state index contributed by atoms with van der Waals surface area (Å²) in [6, 6.07) is 21.3. The summed E-state index contributed by atoms with van der Waals surface area (Å²) in [5, 5.41) is 2.20. The number of nitrogens with zero attached hydrogens (tertiary/aromatic N) is 1. The Labute approximate surface area is 165 Å². The van der Waals surface area contributed by atoms with Gasteiger partial charge in [-0.15, -0.1) is 0 Å². The normalized spacial score (nSPS) is 18.2. The Bertz CT molecular complexity index is 1130. The van der Waals surface area contributed by atoms with Crippen LogP contribution in [-0.2, 0) is 16.4 Å². The average Bonchev–Trinajstić information content (AvgIpc) is 3.05. The minimum absolute atomic E-state index is 0.0370. The Morgan fingerprint density at radius 2 is 1.79 bits per heavy atom. The molecule has 0 aliphatic carbocycles. The van der Waals surface area contributed by atoms with Crippen LogP contribution in [0, 0.1) is 6.92 Å². The monoisotopic (exact) mass is 393 g/mol. The molecular formula is C23H23NO3S. The zero-order chi connectivity index (χ0) is 19.7. The first-order valence-corrected chi connectivity index (χ1v) is 11.3. The second-order valence-corrected chi connectivity index (χ2v) is 9.73. The predicted molar refractivity (Wildman–Crippen MR) is 112 cm³/mol. The Kier molecular flexibility index (Phi) is 4.94. The number of fused-ring (bicyclic) bond motifs is 1. The molecule has 0 saturated carbocycles. The molecule has 0 aromatic heterocycles. The van der Waals surface area contributed by atoms with Crippen LogP contribution in [-0.4, -0.2) is 36.8 Å². The fraction of sp³-hybridized carbons (Fsp3) is 0.261. The van der Waals surface area contributed by atoms with Gasteiger partial charge >= 0.3 is 0 Å². The van der Waals surface area contributed by atoms with Gasteiger partial charge in [0.1, 0.15) is 0 Å². The van der Waals surface area contributed by atoms with Gasteiger partial charge in [0.25, 0.3) is 5.91 Å². The summed E-state index contributed by atoms with van der Waals surface area (Å²) >= 11 is 0. The van der Waals surface area contributed by atoms with E-state index >= 15 is 0 Å². The number of hydrogen-bond donors (Lipinski definition) is 0. The number of carbonyl (C=O) groups excluding carboxylic acids is 1. The number of carbonyl (C=O) groups is 1. The minimum Gasteiger partial charge on any atom is -0.330 e. The number of hydrogen-bond acceptors (Lipinski definition) is 3. The minimum atomic E-state index is -3.09. The van der Waals surface area contributed by atoms with Crippen molar-refractivity contribution in [3.63, 3.8) is 0 Å². The first kappa shape index (κ1) is 18.7. The lowest BCUT2D eigenvalue weighted by atomic mass is 10.0. The smallest absolute Gasteiger partial charge is 0.254 e. The van der Waals surface area contributed by atoms with Crippen LogP contribution in [0.3, 0.4) is 0 Å². The van der Waals surface area contributed by atoms with Crippen LogP contribution in [0.4, 0.5) is 0 Å². The molecule has 1 fully saturated rings. The maximum Gasteiger partial charge on any atom is 0.254 e. The van der Waals surface area contributed by atoms with Gasteiger partial charge in [0.2, 0.25) is 0 Å². The van der Waals surface area contributed by atoms with Crippen LogP contribution < -0.4 is 0 Å². The summed E-state index contributed by atoms with van der Waals surface area (Å²) in [5.74, 6) is 0.0684. The van der Waals surface area contributed by atoms with E-state index in [1.54, 1.807) is 11.0 Å². The lowest BCUT2D eigenvalue weighted by molar-refractivity contribution is 0.0681. The fourth-order valence-electron chi connectivity index (χ4n) is 3.95. The molecule has 4 rings (SSSR count). The largest absolute Gasteiger partial charge is 0.330 e. The molecule has 1 aliphatic heterocycles. The molecule has 28 heavy (non-hydrogen) atoms. The van der Waals surface area contributed by atoms with E-state index in [1.807, 2.05) is 67.6 Å². The van der Waals surface area contributed by atoms with Crippen LogP contribution in [0.15, 0.2) is 66.7 Å². The van der Waals surface area contributed by atoms with Gasteiger partial charge in [-0.25, -0.2) is 8.42 Å². The molecule has 1 atom stereocenters. The van der Waals surface area contributed by atoms with E-state index in [0.29, 0.717) is 18.5 Å². The van der Waals surface area contributed by atoms with E-state index in [2.05, 4.69) is 0 Å². The third kappa shape index (κ3) is 3.80. The van der Waals surface area contributed by atoms with Crippen molar-refractivity contribution >= 4 is 26.5 Å². The highest BCUT2D eigenvalue weighted by Gasteiger charge is 2.35. The molecule has 0 bridgehead atoms. The number of aryl methyl sites for hydroxylation is 1. The highest BCUT2D eigenvalue weighted by molar-refractivity contribution is 7.91. The third-order valence-electron chi connectivity index (χ3n) is 5.40. The van der Waals surface area contributed by atoms with E-state index in [-0.39, 0.29) is 23.5 Å². The number of sulfone groups is 1. The van der Waals surface area contributed by atoms with Crippen molar-refractivity contribution in [1.82, 2.24) is 4.90 Å². The molecule has 5 heteroatoms. The van der Waals surface area contributed by atoms with E-state index in [9.17, 15) is 13.2 Å². The van der Waals surface area contributed by atoms with Gasteiger partial charge in [-0.05, 0) is 41.8 Å². The molecule has 3 aromatic rings. The fourth-order valence-corrected chi connectivity index (χ4v) is 5.68. The molecule has 1 heterocycles. The Hall–Kier alpha value is -2.66. The molecule has 3 aromatic carbocycles. The SMILES string of the molecule is Cc1cccc(C(=O)N(Cc2cccc3ccccc23)[C@H]2CCS(=O)(=O)C2)c1. The quantitative estimate of drug-likeness (QED) is 0.674. The lowest BCUT2D eigenvalue weighted by Gasteiger charge is -2.29. The standard InChI is InChI=1S/C23H23NO3S/c1-17-6-4-9-19(14-17)23(25)24(21-12-13-28(26,27)16-21)15-20-10-5-8-18-7-2-3-11-22(18)20/h2-11,14,21H,12-13,15-16H2,1H3/t21-/m0/s1. The maximum atomic E-state index is 13.4. The molecule has 0 unspecified atom stereocenters. The number of amides is 1. The summed E-state index contributed by atoms with van der Waals surface area (Å²) in [7, 11) is -3.09. The Morgan fingerprint density at radius 1 is 1.04 bits per heavy atom. The summed E-state index contributed by atoms with van der Waals surface area (Å²) in [4.78, 5) is 15.1.